The van der Waals surface area contributed by atoms with Gasteiger partial charge < -0.3 is 20.4 Å². The van der Waals surface area contributed by atoms with E-state index < -0.39 is 5.60 Å². The van der Waals surface area contributed by atoms with Crippen molar-refractivity contribution in [3.63, 3.8) is 0 Å². The molecule has 1 heterocycles. The van der Waals surface area contributed by atoms with Gasteiger partial charge in [-0.2, -0.15) is 0 Å². The van der Waals surface area contributed by atoms with Crippen molar-refractivity contribution in [1.29, 1.82) is 0 Å². The van der Waals surface area contributed by atoms with E-state index in [2.05, 4.69) is 22.3 Å². The Morgan fingerprint density at radius 3 is 2.27 bits per heavy atom. The molecule has 0 aliphatic carbocycles. The van der Waals surface area contributed by atoms with Crippen LogP contribution in [-0.4, -0.2) is 46.9 Å². The Bertz CT molecular complexity index is 641. The fraction of sp³-hybridized carbons (Fsp3) is 0.429. The number of hydrogen-bond acceptors (Lipinski definition) is 4. The van der Waals surface area contributed by atoms with E-state index in [0.29, 0.717) is 5.75 Å². The second-order valence-electron chi connectivity index (χ2n) is 7.06. The van der Waals surface area contributed by atoms with Gasteiger partial charge in [-0.1, -0.05) is 30.3 Å². The molecule has 1 saturated heterocycles. The largest absolute Gasteiger partial charge is 0.508 e. The van der Waals surface area contributed by atoms with Crippen LogP contribution in [0.5, 0.6) is 5.75 Å². The molecule has 3 N–H and O–H groups in total. The minimum atomic E-state index is -0.553. The number of aliphatic hydroxyl groups is 1. The average Bonchev–Trinajstić information content (AvgIpc) is 2.62. The highest BCUT2D eigenvalue weighted by atomic mass is 35.5. The molecule has 0 aromatic heterocycles. The fourth-order valence-electron chi connectivity index (χ4n) is 3.46. The first kappa shape index (κ1) is 20.6. The Morgan fingerprint density at radius 1 is 0.962 bits per heavy atom. The minimum Gasteiger partial charge on any atom is -0.508 e. The summed E-state index contributed by atoms with van der Waals surface area (Å²) in [6.45, 7) is 3.88. The molecule has 0 atom stereocenters. The zero-order valence-electron chi connectivity index (χ0n) is 15.1. The molecule has 0 bridgehead atoms. The summed E-state index contributed by atoms with van der Waals surface area (Å²) < 4.78 is 0. The van der Waals surface area contributed by atoms with Crippen LogP contribution in [0.2, 0.25) is 0 Å². The number of anilines is 1. The number of aromatic hydroxyl groups is 1. The topological polar surface area (TPSA) is 55.7 Å². The average molecular weight is 377 g/mol. The molecular formula is C21H29ClN2O2. The van der Waals surface area contributed by atoms with E-state index in [1.54, 1.807) is 12.1 Å². The Kier molecular flexibility index (Phi) is 7.76. The first-order valence-corrected chi connectivity index (χ1v) is 9.15. The van der Waals surface area contributed by atoms with Crippen LogP contribution >= 0.6 is 12.4 Å². The van der Waals surface area contributed by atoms with Gasteiger partial charge in [0.2, 0.25) is 0 Å². The van der Waals surface area contributed by atoms with Gasteiger partial charge in [-0.25, -0.2) is 0 Å². The van der Waals surface area contributed by atoms with Crippen molar-refractivity contribution < 1.29 is 10.2 Å². The van der Waals surface area contributed by atoms with Gasteiger partial charge >= 0.3 is 0 Å². The summed E-state index contributed by atoms with van der Waals surface area (Å²) in [5.74, 6) is 0.293. The number of piperidine rings is 1. The number of hydrogen-bond donors (Lipinski definition) is 3. The maximum Gasteiger partial charge on any atom is 0.115 e. The molecule has 142 valence electrons. The predicted molar refractivity (Wildman–Crippen MR) is 109 cm³/mol. The lowest BCUT2D eigenvalue weighted by Crippen LogP contribution is -2.46. The zero-order chi connectivity index (χ0) is 17.5. The van der Waals surface area contributed by atoms with Crippen LogP contribution in [0.15, 0.2) is 54.6 Å². The molecule has 26 heavy (non-hydrogen) atoms. The third-order valence-corrected chi connectivity index (χ3v) is 5.01. The summed E-state index contributed by atoms with van der Waals surface area (Å²) in [5, 5.41) is 23.5. The summed E-state index contributed by atoms with van der Waals surface area (Å²) in [6, 6.07) is 17.5. The standard InChI is InChI=1S/C21H28N2O2.ClH/c24-20-9-7-19(8-10-20)22-13-4-14-23-15-11-21(25,12-16-23)17-18-5-2-1-3-6-18;/h1-3,5-10,22,24-25H,4,11-17H2;1H. The molecule has 4 nitrogen and oxygen atoms in total. The summed E-state index contributed by atoms with van der Waals surface area (Å²) in [6.07, 6.45) is 3.50. The quantitative estimate of drug-likeness (QED) is 0.509. The molecule has 1 fully saturated rings. The Morgan fingerprint density at radius 2 is 1.62 bits per heavy atom. The van der Waals surface area contributed by atoms with Crippen LogP contribution in [0, 0.1) is 0 Å². The highest BCUT2D eigenvalue weighted by molar-refractivity contribution is 5.85. The van der Waals surface area contributed by atoms with Crippen molar-refractivity contribution in [3.8, 4) is 5.75 Å². The molecule has 3 rings (SSSR count). The minimum absolute atomic E-state index is 0. The van der Waals surface area contributed by atoms with E-state index in [9.17, 15) is 10.2 Å². The highest BCUT2D eigenvalue weighted by Gasteiger charge is 2.32. The number of phenolic OH excluding ortho intramolecular Hbond substituents is 1. The molecule has 0 unspecified atom stereocenters. The molecule has 0 radical (unpaired) electrons. The first-order valence-electron chi connectivity index (χ1n) is 9.15. The van der Waals surface area contributed by atoms with Gasteiger partial charge in [0.25, 0.3) is 0 Å². The molecule has 1 aliphatic heterocycles. The lowest BCUT2D eigenvalue weighted by Gasteiger charge is -2.38. The maximum absolute atomic E-state index is 10.8. The predicted octanol–water partition coefficient (Wildman–Crippen LogP) is 3.69. The molecule has 1 aliphatic rings. The van der Waals surface area contributed by atoms with E-state index in [1.807, 2.05) is 30.3 Å². The van der Waals surface area contributed by atoms with Crippen molar-refractivity contribution in [2.75, 3.05) is 31.5 Å². The van der Waals surface area contributed by atoms with Crippen LogP contribution in [-0.2, 0) is 6.42 Å². The van der Waals surface area contributed by atoms with E-state index in [-0.39, 0.29) is 12.4 Å². The number of likely N-dealkylation sites (tertiary alicyclic amines) is 1. The Balaban J connectivity index is 0.00000243. The molecular weight excluding hydrogens is 348 g/mol. The molecule has 5 heteroatoms. The second kappa shape index (κ2) is 9.81. The maximum atomic E-state index is 10.8. The molecule has 0 spiro atoms. The van der Waals surface area contributed by atoms with Crippen molar-refractivity contribution in [1.82, 2.24) is 4.90 Å². The van der Waals surface area contributed by atoms with Gasteiger partial charge in [0, 0.05) is 31.7 Å². The number of rotatable bonds is 7. The number of nitrogens with zero attached hydrogens (tertiary/aromatic N) is 1. The van der Waals surface area contributed by atoms with Crippen molar-refractivity contribution >= 4 is 18.1 Å². The fourth-order valence-corrected chi connectivity index (χ4v) is 3.46. The van der Waals surface area contributed by atoms with Crippen LogP contribution in [0.3, 0.4) is 0 Å². The normalized spacial score (nSPS) is 16.7. The van der Waals surface area contributed by atoms with E-state index in [1.165, 1.54) is 5.56 Å². The summed E-state index contributed by atoms with van der Waals surface area (Å²) in [4.78, 5) is 2.44. The highest BCUT2D eigenvalue weighted by Crippen LogP contribution is 2.26. The van der Waals surface area contributed by atoms with Gasteiger partial charge in [-0.3, -0.25) is 0 Å². The van der Waals surface area contributed by atoms with Crippen LogP contribution < -0.4 is 5.32 Å². The van der Waals surface area contributed by atoms with E-state index in [4.69, 9.17) is 0 Å². The molecule has 0 saturated carbocycles. The summed E-state index contributed by atoms with van der Waals surface area (Å²) >= 11 is 0. The molecule has 0 amide bonds. The lowest BCUT2D eigenvalue weighted by molar-refractivity contribution is -0.0205. The van der Waals surface area contributed by atoms with Crippen molar-refractivity contribution in [2.24, 2.45) is 0 Å². The van der Waals surface area contributed by atoms with Gasteiger partial charge in [-0.05, 0) is 55.6 Å². The molecule has 2 aromatic carbocycles. The second-order valence-corrected chi connectivity index (χ2v) is 7.06. The van der Waals surface area contributed by atoms with Gasteiger partial charge in [0.1, 0.15) is 5.75 Å². The number of phenols is 1. The number of benzene rings is 2. The third-order valence-electron chi connectivity index (χ3n) is 5.01. The van der Waals surface area contributed by atoms with E-state index in [0.717, 1.165) is 57.5 Å². The number of nitrogens with one attached hydrogen (secondary N) is 1. The van der Waals surface area contributed by atoms with Gasteiger partial charge in [-0.15, -0.1) is 12.4 Å². The van der Waals surface area contributed by atoms with Crippen molar-refractivity contribution in [3.05, 3.63) is 60.2 Å². The smallest absolute Gasteiger partial charge is 0.115 e. The zero-order valence-corrected chi connectivity index (χ0v) is 15.9. The van der Waals surface area contributed by atoms with Crippen LogP contribution in [0.1, 0.15) is 24.8 Å². The van der Waals surface area contributed by atoms with Gasteiger partial charge in [0.15, 0.2) is 0 Å². The number of halogens is 1. The van der Waals surface area contributed by atoms with E-state index >= 15 is 0 Å². The lowest BCUT2D eigenvalue weighted by atomic mass is 9.85. The monoisotopic (exact) mass is 376 g/mol. The molecule has 2 aromatic rings. The Hall–Kier alpha value is -1.75. The van der Waals surface area contributed by atoms with Gasteiger partial charge in [0.05, 0.1) is 5.60 Å². The SMILES string of the molecule is Cl.Oc1ccc(NCCCN2CCC(O)(Cc3ccccc3)CC2)cc1. The third kappa shape index (κ3) is 6.20. The van der Waals surface area contributed by atoms with Crippen LogP contribution in [0.25, 0.3) is 0 Å². The summed E-state index contributed by atoms with van der Waals surface area (Å²) in [5.41, 5.74) is 1.70. The van der Waals surface area contributed by atoms with Crippen molar-refractivity contribution in [2.45, 2.75) is 31.3 Å². The first-order chi connectivity index (χ1) is 12.1. The Labute approximate surface area is 162 Å². The van der Waals surface area contributed by atoms with Crippen LogP contribution in [0.4, 0.5) is 5.69 Å². The summed E-state index contributed by atoms with van der Waals surface area (Å²) in [7, 11) is 0.